The van der Waals surface area contributed by atoms with Gasteiger partial charge in [0, 0.05) is 14.9 Å². The standard InChI is InChI=1S/C12H8Br2ClFS/c1-6-2-3-7(9(16)4-6)11(15)10-5-8(13)12(14)17-10/h2-5,11H,1H3. The summed E-state index contributed by atoms with van der Waals surface area (Å²) in [6.45, 7) is 1.86. The third-order valence-electron chi connectivity index (χ3n) is 2.34. The molecule has 0 aliphatic heterocycles. The zero-order valence-corrected chi connectivity index (χ0v) is 13.6. The average molecular weight is 399 g/mol. The summed E-state index contributed by atoms with van der Waals surface area (Å²) in [6.07, 6.45) is 0. The van der Waals surface area contributed by atoms with Crippen LogP contribution in [0.5, 0.6) is 0 Å². The van der Waals surface area contributed by atoms with Crippen LogP contribution in [-0.2, 0) is 0 Å². The van der Waals surface area contributed by atoms with Crippen molar-refractivity contribution in [2.24, 2.45) is 0 Å². The first-order chi connectivity index (χ1) is 7.99. The molecule has 2 rings (SSSR count). The molecule has 0 nitrogen and oxygen atoms in total. The summed E-state index contributed by atoms with van der Waals surface area (Å²) in [5.74, 6) is -0.259. The third kappa shape index (κ3) is 2.92. The van der Waals surface area contributed by atoms with E-state index in [4.69, 9.17) is 11.6 Å². The number of aryl methyl sites for hydroxylation is 1. The molecule has 0 bridgehead atoms. The predicted octanol–water partition coefficient (Wildman–Crippen LogP) is 6.05. The quantitative estimate of drug-likeness (QED) is 0.540. The van der Waals surface area contributed by atoms with Crippen molar-refractivity contribution in [1.82, 2.24) is 0 Å². The van der Waals surface area contributed by atoms with Gasteiger partial charge in [-0.2, -0.15) is 0 Å². The van der Waals surface area contributed by atoms with Crippen LogP contribution in [0.3, 0.4) is 0 Å². The Balaban J connectivity index is 2.39. The molecular formula is C12H8Br2ClFS. The number of alkyl halides is 1. The van der Waals surface area contributed by atoms with Crippen molar-refractivity contribution in [3.63, 3.8) is 0 Å². The van der Waals surface area contributed by atoms with E-state index in [0.717, 1.165) is 18.7 Å². The van der Waals surface area contributed by atoms with E-state index in [1.165, 1.54) is 17.4 Å². The number of benzene rings is 1. The van der Waals surface area contributed by atoms with Gasteiger partial charge in [-0.05, 0) is 56.5 Å². The van der Waals surface area contributed by atoms with Gasteiger partial charge < -0.3 is 0 Å². The largest absolute Gasteiger partial charge is 0.207 e. The van der Waals surface area contributed by atoms with E-state index in [2.05, 4.69) is 31.9 Å². The molecule has 0 radical (unpaired) electrons. The summed E-state index contributed by atoms with van der Waals surface area (Å²) < 4.78 is 15.7. The Labute approximate surface area is 125 Å². The Morgan fingerprint density at radius 3 is 2.53 bits per heavy atom. The molecule has 1 aromatic heterocycles. The Bertz CT molecular complexity index is 534. The van der Waals surface area contributed by atoms with Crippen LogP contribution in [0.25, 0.3) is 0 Å². The van der Waals surface area contributed by atoms with Gasteiger partial charge in [0.1, 0.15) is 5.82 Å². The normalized spacial score (nSPS) is 12.8. The van der Waals surface area contributed by atoms with E-state index >= 15 is 0 Å². The van der Waals surface area contributed by atoms with Crippen LogP contribution in [0.1, 0.15) is 21.4 Å². The Morgan fingerprint density at radius 2 is 2.00 bits per heavy atom. The van der Waals surface area contributed by atoms with Crippen LogP contribution in [-0.4, -0.2) is 0 Å². The second-order valence-corrected chi connectivity index (χ2v) is 7.35. The fourth-order valence-electron chi connectivity index (χ4n) is 1.48. The van der Waals surface area contributed by atoms with Crippen LogP contribution in [0.4, 0.5) is 4.39 Å². The lowest BCUT2D eigenvalue weighted by Gasteiger charge is -2.09. The number of halogens is 4. The van der Waals surface area contributed by atoms with Crippen molar-refractivity contribution in [2.75, 3.05) is 0 Å². The highest BCUT2D eigenvalue weighted by atomic mass is 79.9. The molecule has 0 aliphatic rings. The van der Waals surface area contributed by atoms with Crippen LogP contribution in [0, 0.1) is 12.7 Å². The summed E-state index contributed by atoms with van der Waals surface area (Å²) in [7, 11) is 0. The zero-order valence-electron chi connectivity index (χ0n) is 8.81. The van der Waals surface area contributed by atoms with E-state index in [1.54, 1.807) is 6.07 Å². The van der Waals surface area contributed by atoms with E-state index in [0.29, 0.717) is 5.56 Å². The van der Waals surface area contributed by atoms with Gasteiger partial charge in [0.2, 0.25) is 0 Å². The van der Waals surface area contributed by atoms with Crippen molar-refractivity contribution in [3.05, 3.63) is 54.3 Å². The first-order valence-electron chi connectivity index (χ1n) is 4.84. The molecular weight excluding hydrogens is 390 g/mol. The van der Waals surface area contributed by atoms with Crippen LogP contribution < -0.4 is 0 Å². The molecule has 0 aliphatic carbocycles. The first-order valence-corrected chi connectivity index (χ1v) is 7.68. The minimum absolute atomic E-state index is 0.259. The fourth-order valence-corrected chi connectivity index (χ4v) is 3.94. The first kappa shape index (κ1) is 13.5. The molecule has 0 fully saturated rings. The van der Waals surface area contributed by atoms with Crippen molar-refractivity contribution in [2.45, 2.75) is 12.3 Å². The van der Waals surface area contributed by atoms with Gasteiger partial charge in [0.05, 0.1) is 9.16 Å². The number of thiophene rings is 1. The minimum atomic E-state index is -0.455. The van der Waals surface area contributed by atoms with Crippen molar-refractivity contribution in [3.8, 4) is 0 Å². The monoisotopic (exact) mass is 396 g/mol. The van der Waals surface area contributed by atoms with Gasteiger partial charge >= 0.3 is 0 Å². The van der Waals surface area contributed by atoms with Crippen LogP contribution in [0.2, 0.25) is 0 Å². The Kier molecular flexibility index (Phi) is 4.29. The number of rotatable bonds is 2. The second kappa shape index (κ2) is 5.39. The van der Waals surface area contributed by atoms with Crippen LogP contribution in [0.15, 0.2) is 32.5 Å². The molecule has 0 amide bonds. The van der Waals surface area contributed by atoms with Crippen molar-refractivity contribution in [1.29, 1.82) is 0 Å². The molecule has 0 saturated heterocycles. The molecule has 2 aromatic rings. The lowest BCUT2D eigenvalue weighted by atomic mass is 10.1. The van der Waals surface area contributed by atoms with Gasteiger partial charge in [0.25, 0.3) is 0 Å². The summed E-state index contributed by atoms with van der Waals surface area (Å²) in [5, 5.41) is -0.455. The molecule has 0 N–H and O–H groups in total. The second-order valence-electron chi connectivity index (χ2n) is 3.66. The maximum absolute atomic E-state index is 13.8. The summed E-state index contributed by atoms with van der Waals surface area (Å²) in [4.78, 5) is 0.910. The van der Waals surface area contributed by atoms with Crippen molar-refractivity contribution >= 4 is 54.8 Å². The van der Waals surface area contributed by atoms with E-state index in [-0.39, 0.29) is 5.82 Å². The Morgan fingerprint density at radius 1 is 1.29 bits per heavy atom. The van der Waals surface area contributed by atoms with E-state index in [1.807, 2.05) is 19.1 Å². The predicted molar refractivity (Wildman–Crippen MR) is 78.6 cm³/mol. The highest BCUT2D eigenvalue weighted by Gasteiger charge is 2.18. The SMILES string of the molecule is Cc1ccc(C(Cl)c2cc(Br)c(Br)s2)c(F)c1. The molecule has 1 unspecified atom stereocenters. The van der Waals surface area contributed by atoms with Crippen LogP contribution >= 0.6 is 54.8 Å². The van der Waals surface area contributed by atoms with Gasteiger partial charge in [0.15, 0.2) is 0 Å². The minimum Gasteiger partial charge on any atom is -0.207 e. The highest BCUT2D eigenvalue weighted by Crippen LogP contribution is 2.41. The van der Waals surface area contributed by atoms with Crippen molar-refractivity contribution < 1.29 is 4.39 Å². The smallest absolute Gasteiger partial charge is 0.128 e. The highest BCUT2D eigenvalue weighted by molar-refractivity contribution is 9.13. The van der Waals surface area contributed by atoms with Gasteiger partial charge in [-0.25, -0.2) is 4.39 Å². The molecule has 1 atom stereocenters. The molecule has 17 heavy (non-hydrogen) atoms. The topological polar surface area (TPSA) is 0 Å². The summed E-state index contributed by atoms with van der Waals surface area (Å²) in [6, 6.07) is 7.02. The molecule has 1 aromatic carbocycles. The Hall–Kier alpha value is 0.1000. The lowest BCUT2D eigenvalue weighted by Crippen LogP contribution is -1.95. The maximum atomic E-state index is 13.8. The number of hydrogen-bond donors (Lipinski definition) is 0. The number of hydrogen-bond acceptors (Lipinski definition) is 1. The van der Waals surface area contributed by atoms with Gasteiger partial charge in [-0.1, -0.05) is 12.1 Å². The molecule has 0 spiro atoms. The van der Waals surface area contributed by atoms with E-state index in [9.17, 15) is 4.39 Å². The maximum Gasteiger partial charge on any atom is 0.128 e. The zero-order chi connectivity index (χ0) is 12.6. The van der Waals surface area contributed by atoms with Gasteiger partial charge in [-0.3, -0.25) is 0 Å². The molecule has 5 heteroatoms. The average Bonchev–Trinajstić information content (AvgIpc) is 2.58. The lowest BCUT2D eigenvalue weighted by molar-refractivity contribution is 0.611. The fraction of sp³-hybridized carbons (Fsp3) is 0.167. The third-order valence-corrected chi connectivity index (χ3v) is 6.26. The van der Waals surface area contributed by atoms with E-state index < -0.39 is 5.38 Å². The summed E-state index contributed by atoms with van der Waals surface area (Å²) in [5.41, 5.74) is 1.40. The summed E-state index contributed by atoms with van der Waals surface area (Å²) >= 11 is 14.6. The van der Waals surface area contributed by atoms with Gasteiger partial charge in [-0.15, -0.1) is 22.9 Å². The molecule has 1 heterocycles. The molecule has 0 saturated carbocycles. The molecule has 90 valence electrons.